The van der Waals surface area contributed by atoms with Crippen LogP contribution in [0.15, 0.2) is 42.5 Å². The summed E-state index contributed by atoms with van der Waals surface area (Å²) in [5.41, 5.74) is 0.140. The summed E-state index contributed by atoms with van der Waals surface area (Å²) in [7, 11) is 0. The second-order valence-corrected chi connectivity index (χ2v) is 3.95. The molecule has 0 aliphatic rings. The summed E-state index contributed by atoms with van der Waals surface area (Å²) in [4.78, 5) is 10.1. The van der Waals surface area contributed by atoms with Crippen molar-refractivity contribution in [1.29, 1.82) is 5.26 Å². The van der Waals surface area contributed by atoms with Crippen LogP contribution in [0.2, 0.25) is 0 Å². The van der Waals surface area contributed by atoms with E-state index in [0.29, 0.717) is 0 Å². The van der Waals surface area contributed by atoms with Gasteiger partial charge in [-0.25, -0.2) is 0 Å². The molecule has 6 nitrogen and oxygen atoms in total. The predicted octanol–water partition coefficient (Wildman–Crippen LogP) is 2.75. The lowest BCUT2D eigenvalue weighted by atomic mass is 10.1. The molecule has 0 unspecified atom stereocenters. The number of nitrogens with zero attached hydrogens (tertiary/aromatic N) is 2. The molecule has 2 aromatic carbocycles. The van der Waals surface area contributed by atoms with Gasteiger partial charge < -0.3 is 9.84 Å². The van der Waals surface area contributed by atoms with Gasteiger partial charge >= 0.3 is 0 Å². The molecule has 0 atom stereocenters. The molecule has 0 fully saturated rings. The molecule has 0 aromatic heterocycles. The monoisotopic (exact) mass is 270 g/mol. The van der Waals surface area contributed by atoms with Crippen LogP contribution in [-0.2, 0) is 6.61 Å². The largest absolute Gasteiger partial charge is 0.504 e. The summed E-state index contributed by atoms with van der Waals surface area (Å²) in [5, 5.41) is 29.6. The number of nitriles is 1. The van der Waals surface area contributed by atoms with E-state index in [1.165, 1.54) is 0 Å². The van der Waals surface area contributed by atoms with Crippen molar-refractivity contribution in [2.45, 2.75) is 6.61 Å². The van der Waals surface area contributed by atoms with Crippen molar-refractivity contribution >= 4 is 5.69 Å². The van der Waals surface area contributed by atoms with Crippen LogP contribution >= 0.6 is 0 Å². The van der Waals surface area contributed by atoms with Gasteiger partial charge in [0.1, 0.15) is 12.7 Å². The Kier molecular flexibility index (Phi) is 3.82. The lowest BCUT2D eigenvalue weighted by molar-refractivity contribution is -0.385. The summed E-state index contributed by atoms with van der Waals surface area (Å²) < 4.78 is 5.36. The molecule has 0 saturated carbocycles. The van der Waals surface area contributed by atoms with Crippen LogP contribution in [-0.4, -0.2) is 10.0 Å². The van der Waals surface area contributed by atoms with E-state index in [9.17, 15) is 15.2 Å². The number of ether oxygens (including phenoxy) is 1. The first-order valence-electron chi connectivity index (χ1n) is 5.70. The Hall–Kier alpha value is -3.07. The zero-order chi connectivity index (χ0) is 14.5. The molecule has 0 heterocycles. The number of benzene rings is 2. The van der Waals surface area contributed by atoms with E-state index in [2.05, 4.69) is 0 Å². The maximum atomic E-state index is 10.8. The fraction of sp³-hybridized carbons (Fsp3) is 0.0714. The lowest BCUT2D eigenvalue weighted by Gasteiger charge is -2.09. The number of hydrogen-bond donors (Lipinski definition) is 1. The highest BCUT2D eigenvalue weighted by Gasteiger charge is 2.22. The molecular formula is C14H10N2O4. The van der Waals surface area contributed by atoms with Gasteiger partial charge in [-0.2, -0.15) is 5.26 Å². The summed E-state index contributed by atoms with van der Waals surface area (Å²) in [6.45, 7) is 0.101. The molecule has 0 amide bonds. The highest BCUT2D eigenvalue weighted by Crippen LogP contribution is 2.36. The van der Waals surface area contributed by atoms with Crippen molar-refractivity contribution in [3.05, 3.63) is 63.7 Å². The van der Waals surface area contributed by atoms with Gasteiger partial charge in [0.25, 0.3) is 5.69 Å². The molecule has 0 bridgehead atoms. The number of nitro groups is 1. The first-order chi connectivity index (χ1) is 9.63. The van der Waals surface area contributed by atoms with Gasteiger partial charge in [-0.3, -0.25) is 10.1 Å². The average Bonchev–Trinajstić information content (AvgIpc) is 2.46. The number of hydrogen-bond acceptors (Lipinski definition) is 5. The zero-order valence-electron chi connectivity index (χ0n) is 10.3. The van der Waals surface area contributed by atoms with E-state index in [-0.39, 0.29) is 23.7 Å². The van der Waals surface area contributed by atoms with E-state index in [4.69, 9.17) is 10.00 Å². The van der Waals surface area contributed by atoms with Crippen LogP contribution in [0.4, 0.5) is 5.69 Å². The summed E-state index contributed by atoms with van der Waals surface area (Å²) in [6, 6.07) is 13.0. The quantitative estimate of drug-likeness (QED) is 0.680. The molecule has 0 saturated heterocycles. The first-order valence-corrected chi connectivity index (χ1v) is 5.70. The molecule has 20 heavy (non-hydrogen) atoms. The Labute approximate surface area is 114 Å². The predicted molar refractivity (Wildman–Crippen MR) is 70.3 cm³/mol. The summed E-state index contributed by atoms with van der Waals surface area (Å²) in [5.74, 6) is -0.478. The molecular weight excluding hydrogens is 260 g/mol. The second kappa shape index (κ2) is 5.71. The maximum absolute atomic E-state index is 10.8. The minimum absolute atomic E-state index is 0.101. The minimum Gasteiger partial charge on any atom is -0.504 e. The molecule has 0 aliphatic heterocycles. The number of phenolic OH excluding ortho intramolecular Hbond substituents is 1. The normalized spacial score (nSPS) is 9.75. The Morgan fingerprint density at radius 2 is 1.95 bits per heavy atom. The molecule has 1 N–H and O–H groups in total. The lowest BCUT2D eigenvalue weighted by Crippen LogP contribution is -2.00. The number of aromatic hydroxyl groups is 1. The van der Waals surface area contributed by atoms with Crippen LogP contribution in [0.1, 0.15) is 11.1 Å². The Morgan fingerprint density at radius 1 is 1.25 bits per heavy atom. The van der Waals surface area contributed by atoms with Gasteiger partial charge in [-0.1, -0.05) is 30.3 Å². The Bertz CT molecular complexity index is 678. The van der Waals surface area contributed by atoms with E-state index < -0.39 is 10.6 Å². The zero-order valence-corrected chi connectivity index (χ0v) is 10.3. The highest BCUT2D eigenvalue weighted by atomic mass is 16.6. The molecule has 2 aromatic rings. The standard InChI is InChI=1S/C14H10N2O4/c15-8-11-12(16(18)19)6-7-13(17)14(11)20-9-10-4-2-1-3-5-10/h1-7,17H,9H2. The molecule has 0 radical (unpaired) electrons. The van der Waals surface area contributed by atoms with Crippen LogP contribution in [0.3, 0.4) is 0 Å². The first kappa shape index (κ1) is 13.4. The van der Waals surface area contributed by atoms with Crippen molar-refractivity contribution in [3.63, 3.8) is 0 Å². The summed E-state index contributed by atoms with van der Waals surface area (Å²) >= 11 is 0. The van der Waals surface area contributed by atoms with Crippen molar-refractivity contribution in [1.82, 2.24) is 0 Å². The maximum Gasteiger partial charge on any atom is 0.291 e. The number of phenols is 1. The van der Waals surface area contributed by atoms with Gasteiger partial charge in [0, 0.05) is 6.07 Å². The van der Waals surface area contributed by atoms with Crippen molar-refractivity contribution in [2.24, 2.45) is 0 Å². The van der Waals surface area contributed by atoms with E-state index in [0.717, 1.165) is 17.7 Å². The third-order valence-corrected chi connectivity index (χ3v) is 2.65. The number of rotatable bonds is 4. The highest BCUT2D eigenvalue weighted by molar-refractivity contribution is 5.62. The molecule has 0 spiro atoms. The molecule has 0 aliphatic carbocycles. The van der Waals surface area contributed by atoms with Gasteiger partial charge in [0.2, 0.25) is 0 Å². The second-order valence-electron chi connectivity index (χ2n) is 3.95. The number of nitro benzene ring substituents is 1. The average molecular weight is 270 g/mol. The SMILES string of the molecule is N#Cc1c([N+](=O)[O-])ccc(O)c1OCc1ccccc1. The van der Waals surface area contributed by atoms with E-state index in [1.807, 2.05) is 18.2 Å². The van der Waals surface area contributed by atoms with Gasteiger partial charge in [0.05, 0.1) is 4.92 Å². The third-order valence-electron chi connectivity index (χ3n) is 2.65. The van der Waals surface area contributed by atoms with Crippen LogP contribution < -0.4 is 4.74 Å². The minimum atomic E-state index is -0.687. The fourth-order valence-electron chi connectivity index (χ4n) is 1.70. The van der Waals surface area contributed by atoms with E-state index in [1.54, 1.807) is 18.2 Å². The molecule has 100 valence electrons. The third kappa shape index (κ3) is 2.67. The van der Waals surface area contributed by atoms with Gasteiger partial charge in [0.15, 0.2) is 17.1 Å². The smallest absolute Gasteiger partial charge is 0.291 e. The Morgan fingerprint density at radius 3 is 2.55 bits per heavy atom. The van der Waals surface area contributed by atoms with E-state index >= 15 is 0 Å². The van der Waals surface area contributed by atoms with Crippen LogP contribution in [0.5, 0.6) is 11.5 Å². The van der Waals surface area contributed by atoms with Crippen LogP contribution in [0.25, 0.3) is 0 Å². The fourth-order valence-corrected chi connectivity index (χ4v) is 1.70. The molecule has 2 rings (SSSR count). The summed E-state index contributed by atoms with van der Waals surface area (Å²) in [6.07, 6.45) is 0. The van der Waals surface area contributed by atoms with Gasteiger partial charge in [-0.15, -0.1) is 0 Å². The molecule has 6 heteroatoms. The van der Waals surface area contributed by atoms with Gasteiger partial charge in [-0.05, 0) is 11.6 Å². The Balaban J connectivity index is 2.34. The van der Waals surface area contributed by atoms with Crippen molar-refractivity contribution in [3.8, 4) is 17.6 Å². The van der Waals surface area contributed by atoms with Crippen molar-refractivity contribution < 1.29 is 14.8 Å². The van der Waals surface area contributed by atoms with Crippen molar-refractivity contribution in [2.75, 3.05) is 0 Å². The van der Waals surface area contributed by atoms with Crippen LogP contribution in [0, 0.1) is 21.4 Å². The topological polar surface area (TPSA) is 96.4 Å².